The fourth-order valence-corrected chi connectivity index (χ4v) is 5.51. The lowest BCUT2D eigenvalue weighted by Gasteiger charge is -2.48. The minimum absolute atomic E-state index is 0.241. The molecular formula is C17H40O6Si3. The third-order valence-electron chi connectivity index (χ3n) is 3.78. The molecule has 0 aromatic rings. The molecule has 1 rings (SSSR count). The summed E-state index contributed by atoms with van der Waals surface area (Å²) < 4.78 is 36.9. The molecule has 0 aliphatic carbocycles. The summed E-state index contributed by atoms with van der Waals surface area (Å²) >= 11 is 0. The Bertz CT molecular complexity index is 430. The number of ether oxygens (including phenoxy) is 3. The van der Waals surface area contributed by atoms with Crippen molar-refractivity contribution in [3.8, 4) is 0 Å². The van der Waals surface area contributed by atoms with E-state index in [1.54, 1.807) is 14.2 Å². The van der Waals surface area contributed by atoms with Gasteiger partial charge in [-0.15, -0.1) is 0 Å². The van der Waals surface area contributed by atoms with E-state index in [1.165, 1.54) is 0 Å². The predicted molar refractivity (Wildman–Crippen MR) is 112 cm³/mol. The zero-order valence-corrected chi connectivity index (χ0v) is 21.5. The van der Waals surface area contributed by atoms with Crippen LogP contribution in [0.15, 0.2) is 0 Å². The Morgan fingerprint density at radius 3 is 1.54 bits per heavy atom. The quantitative estimate of drug-likeness (QED) is 0.526. The zero-order chi connectivity index (χ0) is 20.3. The van der Waals surface area contributed by atoms with Gasteiger partial charge in [0.1, 0.15) is 24.4 Å². The summed E-state index contributed by atoms with van der Waals surface area (Å²) in [5, 5.41) is 0. The summed E-state index contributed by atoms with van der Waals surface area (Å²) in [6.45, 7) is 19.9. The Morgan fingerprint density at radius 1 is 0.654 bits per heavy atom. The second-order valence-electron chi connectivity index (χ2n) is 9.79. The number of rotatable bonds is 9. The molecule has 1 aliphatic rings. The van der Waals surface area contributed by atoms with Gasteiger partial charge in [-0.2, -0.15) is 0 Å². The van der Waals surface area contributed by atoms with Crippen LogP contribution < -0.4 is 0 Å². The zero-order valence-electron chi connectivity index (χ0n) is 18.5. The van der Waals surface area contributed by atoms with Crippen molar-refractivity contribution >= 4 is 25.0 Å². The van der Waals surface area contributed by atoms with Gasteiger partial charge >= 0.3 is 0 Å². The molecule has 1 heterocycles. The van der Waals surface area contributed by atoms with Crippen LogP contribution in [0.25, 0.3) is 0 Å². The van der Waals surface area contributed by atoms with Gasteiger partial charge in [0.05, 0.1) is 6.61 Å². The Hall–Kier alpha value is 0.411. The number of hydrogen-bond acceptors (Lipinski definition) is 6. The third kappa shape index (κ3) is 8.19. The molecule has 1 unspecified atom stereocenters. The number of methoxy groups -OCH3 is 2. The highest BCUT2D eigenvalue weighted by molar-refractivity contribution is 6.70. The molecule has 5 atom stereocenters. The first kappa shape index (κ1) is 24.4. The maximum absolute atomic E-state index is 6.47. The lowest BCUT2D eigenvalue weighted by atomic mass is 9.99. The van der Waals surface area contributed by atoms with E-state index in [2.05, 4.69) is 58.9 Å². The Morgan fingerprint density at radius 2 is 1.15 bits per heavy atom. The van der Waals surface area contributed by atoms with Crippen molar-refractivity contribution in [3.63, 3.8) is 0 Å². The number of hydrogen-bond donors (Lipinski definition) is 0. The van der Waals surface area contributed by atoms with E-state index in [0.717, 1.165) is 0 Å². The lowest BCUT2D eigenvalue weighted by Crippen LogP contribution is -2.64. The smallest absolute Gasteiger partial charge is 0.187 e. The van der Waals surface area contributed by atoms with Crippen molar-refractivity contribution < 1.29 is 27.5 Å². The lowest BCUT2D eigenvalue weighted by molar-refractivity contribution is -0.285. The SMILES string of the molecule is CO[C@H]1[C@H](O[Si](C)(C)C)[C@@H](CO[Si](C)(C)C)OC(O[Si](C)(C)C)[C@@H]1OC. The maximum atomic E-state index is 6.47. The summed E-state index contributed by atoms with van der Waals surface area (Å²) in [4.78, 5) is 0. The van der Waals surface area contributed by atoms with Crippen molar-refractivity contribution in [1.29, 1.82) is 0 Å². The van der Waals surface area contributed by atoms with Crippen molar-refractivity contribution in [3.05, 3.63) is 0 Å². The minimum Gasteiger partial charge on any atom is -0.415 e. The van der Waals surface area contributed by atoms with Gasteiger partial charge in [-0.25, -0.2) is 0 Å². The summed E-state index contributed by atoms with van der Waals surface area (Å²) in [6.07, 6.45) is -1.57. The molecule has 26 heavy (non-hydrogen) atoms. The average Bonchev–Trinajstić information content (AvgIpc) is 2.42. The van der Waals surface area contributed by atoms with Gasteiger partial charge in [0, 0.05) is 14.2 Å². The standard InChI is InChI=1S/C17H40O6Si3/c1-18-15-14(22-25(6,7)8)13(12-20-24(3,4)5)21-17(16(15)19-2)23-26(9,10)11/h13-17H,12H2,1-11H3/t13-,14-,15+,16-,17?/m1/s1. The van der Waals surface area contributed by atoms with Gasteiger partial charge < -0.3 is 27.5 Å². The molecule has 0 aromatic heterocycles. The normalized spacial score (nSPS) is 31.3. The molecule has 6 nitrogen and oxygen atoms in total. The molecule has 0 saturated carbocycles. The van der Waals surface area contributed by atoms with Crippen LogP contribution in [0.2, 0.25) is 58.9 Å². The van der Waals surface area contributed by atoms with E-state index in [1.807, 2.05) is 0 Å². The molecule has 1 saturated heterocycles. The molecule has 0 amide bonds. The second kappa shape index (κ2) is 9.27. The van der Waals surface area contributed by atoms with Crippen LogP contribution in [0.5, 0.6) is 0 Å². The third-order valence-corrected chi connectivity index (χ3v) is 6.73. The van der Waals surface area contributed by atoms with E-state index < -0.39 is 31.2 Å². The van der Waals surface area contributed by atoms with Crippen molar-refractivity contribution in [2.45, 2.75) is 89.6 Å². The summed E-state index contributed by atoms with van der Waals surface area (Å²) in [5.41, 5.74) is 0. The molecule has 9 heteroatoms. The maximum Gasteiger partial charge on any atom is 0.187 e. The monoisotopic (exact) mass is 424 g/mol. The molecule has 0 radical (unpaired) electrons. The predicted octanol–water partition coefficient (Wildman–Crippen LogP) is 3.66. The van der Waals surface area contributed by atoms with Crippen molar-refractivity contribution in [1.82, 2.24) is 0 Å². The van der Waals surface area contributed by atoms with Gasteiger partial charge in [-0.3, -0.25) is 0 Å². The molecule has 0 N–H and O–H groups in total. The van der Waals surface area contributed by atoms with Gasteiger partial charge in [0.15, 0.2) is 31.2 Å². The Kier molecular flexibility index (Phi) is 8.72. The molecule has 0 bridgehead atoms. The van der Waals surface area contributed by atoms with Crippen molar-refractivity contribution in [2.75, 3.05) is 20.8 Å². The molecule has 1 aliphatic heterocycles. The highest BCUT2D eigenvalue weighted by atomic mass is 28.4. The molecule has 156 valence electrons. The summed E-state index contributed by atoms with van der Waals surface area (Å²) in [6, 6.07) is 0. The highest BCUT2D eigenvalue weighted by Gasteiger charge is 2.50. The van der Waals surface area contributed by atoms with E-state index >= 15 is 0 Å². The first-order valence-electron chi connectivity index (χ1n) is 9.37. The van der Waals surface area contributed by atoms with Gasteiger partial charge in [0.25, 0.3) is 0 Å². The first-order valence-corrected chi connectivity index (χ1v) is 19.6. The van der Waals surface area contributed by atoms with Crippen LogP contribution in [-0.4, -0.2) is 76.5 Å². The molecule has 0 spiro atoms. The average molecular weight is 425 g/mol. The first-order chi connectivity index (χ1) is 11.7. The van der Waals surface area contributed by atoms with Crippen LogP contribution >= 0.6 is 0 Å². The van der Waals surface area contributed by atoms with Crippen LogP contribution in [0, 0.1) is 0 Å². The summed E-state index contributed by atoms with van der Waals surface area (Å²) in [5.74, 6) is 0. The Balaban J connectivity index is 3.12. The van der Waals surface area contributed by atoms with Crippen molar-refractivity contribution in [2.24, 2.45) is 0 Å². The van der Waals surface area contributed by atoms with E-state index in [4.69, 9.17) is 27.5 Å². The van der Waals surface area contributed by atoms with Gasteiger partial charge in [0.2, 0.25) is 0 Å². The Labute approximate surface area is 163 Å². The fraction of sp³-hybridized carbons (Fsp3) is 1.00. The highest BCUT2D eigenvalue weighted by Crippen LogP contribution is 2.32. The molecule has 1 fully saturated rings. The largest absolute Gasteiger partial charge is 0.415 e. The van der Waals surface area contributed by atoms with Crippen LogP contribution in [0.4, 0.5) is 0 Å². The van der Waals surface area contributed by atoms with Crippen LogP contribution in [0.3, 0.4) is 0 Å². The van der Waals surface area contributed by atoms with Gasteiger partial charge in [-0.05, 0) is 58.9 Å². The summed E-state index contributed by atoms with van der Waals surface area (Å²) in [7, 11) is -1.96. The topological polar surface area (TPSA) is 55.4 Å². The van der Waals surface area contributed by atoms with E-state index in [9.17, 15) is 0 Å². The second-order valence-corrected chi connectivity index (χ2v) is 23.2. The van der Waals surface area contributed by atoms with Gasteiger partial charge in [-0.1, -0.05) is 0 Å². The molecular weight excluding hydrogens is 384 g/mol. The van der Waals surface area contributed by atoms with E-state index in [-0.39, 0.29) is 24.4 Å². The molecule has 0 aromatic carbocycles. The minimum atomic E-state index is -1.83. The van der Waals surface area contributed by atoms with E-state index in [0.29, 0.717) is 6.61 Å². The van der Waals surface area contributed by atoms with Crippen LogP contribution in [-0.2, 0) is 27.5 Å². The van der Waals surface area contributed by atoms with Crippen LogP contribution in [0.1, 0.15) is 0 Å². The fourth-order valence-electron chi connectivity index (χ4n) is 2.85.